The van der Waals surface area contributed by atoms with Gasteiger partial charge in [-0.2, -0.15) is 0 Å². The first-order valence-corrected chi connectivity index (χ1v) is 8.35. The van der Waals surface area contributed by atoms with Crippen molar-refractivity contribution in [2.45, 2.75) is 53.0 Å². The summed E-state index contributed by atoms with van der Waals surface area (Å²) < 4.78 is 14.0. The van der Waals surface area contributed by atoms with Crippen LogP contribution < -0.4 is 10.2 Å². The Hall–Kier alpha value is -1.09. The van der Waals surface area contributed by atoms with Crippen molar-refractivity contribution in [1.29, 1.82) is 0 Å². The Kier molecular flexibility index (Phi) is 5.63. The van der Waals surface area contributed by atoms with Gasteiger partial charge in [0.05, 0.1) is 0 Å². The second kappa shape index (κ2) is 7.26. The van der Waals surface area contributed by atoms with Crippen LogP contribution in [0.15, 0.2) is 12.1 Å². The molecule has 2 atom stereocenters. The molecule has 0 spiro atoms. The van der Waals surface area contributed by atoms with Crippen LogP contribution in [-0.4, -0.2) is 19.6 Å². The Labute approximate surface area is 128 Å². The number of benzene rings is 1. The standard InChI is InChI=1S/C18H29FN2/c1-5-7-15-8-9-21(12-15)18-10-13(3)17(19)11-16(18)14(4)20-6-2/h10-11,14-15,20H,5-9,12H2,1-4H3. The second-order valence-electron chi connectivity index (χ2n) is 6.33. The van der Waals surface area contributed by atoms with Crippen LogP contribution in [0.5, 0.6) is 0 Å². The molecule has 1 saturated heterocycles. The molecule has 1 heterocycles. The van der Waals surface area contributed by atoms with Crippen LogP contribution in [0.2, 0.25) is 0 Å². The quantitative estimate of drug-likeness (QED) is 0.834. The number of hydrogen-bond donors (Lipinski definition) is 1. The molecule has 0 amide bonds. The van der Waals surface area contributed by atoms with E-state index in [1.165, 1.54) is 24.9 Å². The molecule has 0 aromatic heterocycles. The maximum absolute atomic E-state index is 14.0. The van der Waals surface area contributed by atoms with Crippen molar-refractivity contribution >= 4 is 5.69 Å². The van der Waals surface area contributed by atoms with Gasteiger partial charge in [-0.15, -0.1) is 0 Å². The molecular formula is C18H29FN2. The summed E-state index contributed by atoms with van der Waals surface area (Å²) in [5, 5.41) is 3.42. The lowest BCUT2D eigenvalue weighted by Crippen LogP contribution is -2.25. The van der Waals surface area contributed by atoms with Crippen molar-refractivity contribution in [2.75, 3.05) is 24.5 Å². The Balaban J connectivity index is 2.27. The lowest BCUT2D eigenvalue weighted by Gasteiger charge is -2.26. The number of nitrogens with one attached hydrogen (secondary N) is 1. The van der Waals surface area contributed by atoms with Crippen LogP contribution in [-0.2, 0) is 0 Å². The summed E-state index contributed by atoms with van der Waals surface area (Å²) in [7, 11) is 0. The van der Waals surface area contributed by atoms with Crippen molar-refractivity contribution < 1.29 is 4.39 Å². The van der Waals surface area contributed by atoms with E-state index in [2.05, 4.69) is 31.0 Å². The van der Waals surface area contributed by atoms with Gasteiger partial charge < -0.3 is 10.2 Å². The summed E-state index contributed by atoms with van der Waals surface area (Å²) in [6, 6.07) is 3.95. The van der Waals surface area contributed by atoms with Gasteiger partial charge in [0.1, 0.15) is 5.82 Å². The number of anilines is 1. The largest absolute Gasteiger partial charge is 0.371 e. The van der Waals surface area contributed by atoms with Gasteiger partial charge in [-0.1, -0.05) is 20.3 Å². The SMILES string of the molecule is CCCC1CCN(c2cc(C)c(F)cc2C(C)NCC)C1. The molecule has 1 N–H and O–H groups in total. The Morgan fingerprint density at radius 2 is 2.14 bits per heavy atom. The lowest BCUT2D eigenvalue weighted by molar-refractivity contribution is 0.529. The highest BCUT2D eigenvalue weighted by Gasteiger charge is 2.25. The molecular weight excluding hydrogens is 263 g/mol. The fourth-order valence-electron chi connectivity index (χ4n) is 3.41. The van der Waals surface area contributed by atoms with Crippen LogP contribution >= 0.6 is 0 Å². The number of nitrogens with zero attached hydrogens (tertiary/aromatic N) is 1. The average molecular weight is 292 g/mol. The molecule has 21 heavy (non-hydrogen) atoms. The van der Waals surface area contributed by atoms with Gasteiger partial charge in [0.2, 0.25) is 0 Å². The predicted molar refractivity (Wildman–Crippen MR) is 88.5 cm³/mol. The van der Waals surface area contributed by atoms with Crippen molar-refractivity contribution in [3.8, 4) is 0 Å². The Morgan fingerprint density at radius 3 is 2.81 bits per heavy atom. The van der Waals surface area contributed by atoms with Crippen LogP contribution in [0, 0.1) is 18.7 Å². The first-order chi connectivity index (χ1) is 10.1. The first-order valence-electron chi connectivity index (χ1n) is 8.35. The molecule has 1 aliphatic heterocycles. The van der Waals surface area contributed by atoms with Crippen LogP contribution in [0.4, 0.5) is 10.1 Å². The normalized spacial score (nSPS) is 20.0. The van der Waals surface area contributed by atoms with Crippen molar-refractivity contribution in [1.82, 2.24) is 5.32 Å². The van der Waals surface area contributed by atoms with Crippen LogP contribution in [0.3, 0.4) is 0 Å². The third-order valence-corrected chi connectivity index (χ3v) is 4.61. The fourth-order valence-corrected chi connectivity index (χ4v) is 3.41. The number of aryl methyl sites for hydroxylation is 1. The molecule has 3 heteroatoms. The minimum absolute atomic E-state index is 0.0946. The fraction of sp³-hybridized carbons (Fsp3) is 0.667. The van der Waals surface area contributed by atoms with Crippen molar-refractivity contribution in [3.05, 3.63) is 29.1 Å². The predicted octanol–water partition coefficient (Wildman–Crippen LogP) is 4.43. The molecule has 118 valence electrons. The van der Waals surface area contributed by atoms with Crippen LogP contribution in [0.25, 0.3) is 0 Å². The topological polar surface area (TPSA) is 15.3 Å². The molecule has 1 aliphatic rings. The third-order valence-electron chi connectivity index (χ3n) is 4.61. The maximum Gasteiger partial charge on any atom is 0.126 e. The molecule has 0 bridgehead atoms. The second-order valence-corrected chi connectivity index (χ2v) is 6.33. The lowest BCUT2D eigenvalue weighted by atomic mass is 10.0. The summed E-state index contributed by atoms with van der Waals surface area (Å²) >= 11 is 0. The number of halogens is 1. The summed E-state index contributed by atoms with van der Waals surface area (Å²) in [6.45, 7) is 11.4. The maximum atomic E-state index is 14.0. The van der Waals surface area contributed by atoms with Gasteiger partial charge in [0.25, 0.3) is 0 Å². The number of rotatable bonds is 6. The Bertz CT molecular complexity index is 473. The zero-order valence-corrected chi connectivity index (χ0v) is 13.9. The number of hydrogen-bond acceptors (Lipinski definition) is 2. The Morgan fingerprint density at radius 1 is 1.38 bits per heavy atom. The van der Waals surface area contributed by atoms with Gasteiger partial charge in [0.15, 0.2) is 0 Å². The van der Waals surface area contributed by atoms with Gasteiger partial charge in [-0.3, -0.25) is 0 Å². The summed E-state index contributed by atoms with van der Waals surface area (Å²) in [6.07, 6.45) is 3.82. The molecule has 1 aromatic rings. The van der Waals surface area contributed by atoms with E-state index in [0.717, 1.165) is 36.7 Å². The molecule has 2 unspecified atom stereocenters. The summed E-state index contributed by atoms with van der Waals surface area (Å²) in [5.41, 5.74) is 3.06. The average Bonchev–Trinajstić information content (AvgIpc) is 2.90. The molecule has 0 aliphatic carbocycles. The molecule has 2 nitrogen and oxygen atoms in total. The van der Waals surface area contributed by atoms with E-state index in [0.29, 0.717) is 0 Å². The smallest absolute Gasteiger partial charge is 0.126 e. The van der Waals surface area contributed by atoms with Gasteiger partial charge in [-0.05, 0) is 62.4 Å². The highest BCUT2D eigenvalue weighted by Crippen LogP contribution is 2.33. The zero-order valence-electron chi connectivity index (χ0n) is 13.9. The summed E-state index contributed by atoms with van der Waals surface area (Å²) in [4.78, 5) is 2.45. The van der Waals surface area contributed by atoms with Crippen LogP contribution in [0.1, 0.15) is 57.2 Å². The van der Waals surface area contributed by atoms with E-state index in [1.807, 2.05) is 13.0 Å². The highest BCUT2D eigenvalue weighted by atomic mass is 19.1. The molecule has 0 saturated carbocycles. The van der Waals surface area contributed by atoms with E-state index >= 15 is 0 Å². The monoisotopic (exact) mass is 292 g/mol. The van der Waals surface area contributed by atoms with E-state index in [1.54, 1.807) is 6.07 Å². The molecule has 1 fully saturated rings. The van der Waals surface area contributed by atoms with Gasteiger partial charge >= 0.3 is 0 Å². The van der Waals surface area contributed by atoms with Gasteiger partial charge in [-0.25, -0.2) is 4.39 Å². The third kappa shape index (κ3) is 3.76. The summed E-state index contributed by atoms with van der Waals surface area (Å²) in [5.74, 6) is 0.699. The highest BCUT2D eigenvalue weighted by molar-refractivity contribution is 5.57. The minimum atomic E-state index is -0.0946. The van der Waals surface area contributed by atoms with Crippen molar-refractivity contribution in [3.63, 3.8) is 0 Å². The molecule has 0 radical (unpaired) electrons. The van der Waals surface area contributed by atoms with E-state index in [-0.39, 0.29) is 11.9 Å². The minimum Gasteiger partial charge on any atom is -0.371 e. The van der Waals surface area contributed by atoms with E-state index < -0.39 is 0 Å². The van der Waals surface area contributed by atoms with Gasteiger partial charge in [0, 0.05) is 24.8 Å². The van der Waals surface area contributed by atoms with Crippen molar-refractivity contribution in [2.24, 2.45) is 5.92 Å². The first kappa shape index (κ1) is 16.3. The van der Waals surface area contributed by atoms with E-state index in [9.17, 15) is 4.39 Å². The molecule has 2 rings (SSSR count). The molecule has 1 aromatic carbocycles. The van der Waals surface area contributed by atoms with E-state index in [4.69, 9.17) is 0 Å². The zero-order chi connectivity index (χ0) is 15.4.